The maximum atomic E-state index is 13.5. The van der Waals surface area contributed by atoms with Crippen molar-refractivity contribution in [2.45, 2.75) is 45.8 Å². The molecule has 0 bridgehead atoms. The summed E-state index contributed by atoms with van der Waals surface area (Å²) in [6, 6.07) is 5.07. The zero-order valence-corrected chi connectivity index (χ0v) is 10.9. The van der Waals surface area contributed by atoms with Crippen molar-refractivity contribution in [1.82, 2.24) is 5.32 Å². The average Bonchev–Trinajstić information content (AvgIpc) is 2.33. The summed E-state index contributed by atoms with van der Waals surface area (Å²) in [7, 11) is 0. The van der Waals surface area contributed by atoms with Crippen LogP contribution in [-0.2, 0) is 6.54 Å². The number of nitrogens with one attached hydrogen (secondary N) is 1. The van der Waals surface area contributed by atoms with E-state index in [0.29, 0.717) is 31.5 Å². The highest BCUT2D eigenvalue weighted by atomic mass is 19.1. The Labute approximate surface area is 103 Å². The molecule has 1 aromatic rings. The SMILES string of the molecule is CCC(O)(CC)CNCc1cc(C)ccc1F. The quantitative estimate of drug-likeness (QED) is 0.800. The third-order valence-corrected chi connectivity index (χ3v) is 3.29. The van der Waals surface area contributed by atoms with Gasteiger partial charge in [0.1, 0.15) is 5.82 Å². The second-order valence-corrected chi connectivity index (χ2v) is 4.63. The summed E-state index contributed by atoms with van der Waals surface area (Å²) in [6.07, 6.45) is 1.40. The lowest BCUT2D eigenvalue weighted by Crippen LogP contribution is -2.39. The van der Waals surface area contributed by atoms with Crippen molar-refractivity contribution in [1.29, 1.82) is 0 Å². The van der Waals surface area contributed by atoms with Crippen LogP contribution in [0.1, 0.15) is 37.8 Å². The van der Waals surface area contributed by atoms with Crippen molar-refractivity contribution in [2.75, 3.05) is 6.54 Å². The average molecular weight is 239 g/mol. The van der Waals surface area contributed by atoms with E-state index in [2.05, 4.69) is 5.32 Å². The first-order valence-electron chi connectivity index (χ1n) is 6.19. The normalized spacial score (nSPS) is 11.8. The van der Waals surface area contributed by atoms with Crippen LogP contribution < -0.4 is 5.32 Å². The molecule has 0 amide bonds. The Morgan fingerprint density at radius 1 is 1.29 bits per heavy atom. The molecule has 0 atom stereocenters. The van der Waals surface area contributed by atoms with Gasteiger partial charge >= 0.3 is 0 Å². The Bertz CT molecular complexity index is 361. The molecule has 0 aromatic heterocycles. The highest BCUT2D eigenvalue weighted by Gasteiger charge is 2.21. The van der Waals surface area contributed by atoms with Gasteiger partial charge < -0.3 is 10.4 Å². The summed E-state index contributed by atoms with van der Waals surface area (Å²) in [5.74, 6) is -0.195. The zero-order chi connectivity index (χ0) is 12.9. The van der Waals surface area contributed by atoms with E-state index >= 15 is 0 Å². The topological polar surface area (TPSA) is 32.3 Å². The largest absolute Gasteiger partial charge is 0.389 e. The van der Waals surface area contributed by atoms with Gasteiger partial charge in [0, 0.05) is 18.7 Å². The minimum Gasteiger partial charge on any atom is -0.389 e. The van der Waals surface area contributed by atoms with Crippen molar-refractivity contribution >= 4 is 0 Å². The van der Waals surface area contributed by atoms with Gasteiger partial charge in [-0.1, -0.05) is 31.5 Å². The Morgan fingerprint density at radius 3 is 2.53 bits per heavy atom. The summed E-state index contributed by atoms with van der Waals surface area (Å²) >= 11 is 0. The molecule has 2 N–H and O–H groups in total. The van der Waals surface area contributed by atoms with E-state index < -0.39 is 5.60 Å². The van der Waals surface area contributed by atoms with E-state index in [-0.39, 0.29) is 5.82 Å². The van der Waals surface area contributed by atoms with Crippen molar-refractivity contribution in [2.24, 2.45) is 0 Å². The lowest BCUT2D eigenvalue weighted by atomic mass is 9.97. The van der Waals surface area contributed by atoms with Crippen LogP contribution in [0.3, 0.4) is 0 Å². The van der Waals surface area contributed by atoms with Gasteiger partial charge in [0.25, 0.3) is 0 Å². The smallest absolute Gasteiger partial charge is 0.127 e. The molecule has 0 saturated carbocycles. The number of hydrogen-bond acceptors (Lipinski definition) is 2. The molecular weight excluding hydrogens is 217 g/mol. The summed E-state index contributed by atoms with van der Waals surface area (Å²) in [4.78, 5) is 0. The van der Waals surface area contributed by atoms with Gasteiger partial charge in [-0.25, -0.2) is 4.39 Å². The zero-order valence-electron chi connectivity index (χ0n) is 10.9. The van der Waals surface area contributed by atoms with Crippen LogP contribution in [-0.4, -0.2) is 17.3 Å². The highest BCUT2D eigenvalue weighted by Crippen LogP contribution is 2.14. The molecule has 3 heteroatoms. The fourth-order valence-corrected chi connectivity index (χ4v) is 1.77. The van der Waals surface area contributed by atoms with Crippen molar-refractivity contribution in [3.8, 4) is 0 Å². The predicted molar refractivity (Wildman–Crippen MR) is 68.4 cm³/mol. The van der Waals surface area contributed by atoms with Crippen LogP contribution in [0.15, 0.2) is 18.2 Å². The van der Waals surface area contributed by atoms with E-state index in [9.17, 15) is 9.50 Å². The lowest BCUT2D eigenvalue weighted by molar-refractivity contribution is 0.0322. The highest BCUT2D eigenvalue weighted by molar-refractivity contribution is 5.23. The Balaban J connectivity index is 2.53. The molecule has 0 radical (unpaired) electrons. The first-order valence-corrected chi connectivity index (χ1v) is 6.19. The Hall–Kier alpha value is -0.930. The third kappa shape index (κ3) is 4.10. The van der Waals surface area contributed by atoms with E-state index in [0.717, 1.165) is 5.56 Å². The van der Waals surface area contributed by atoms with Gasteiger partial charge in [-0.15, -0.1) is 0 Å². The van der Waals surface area contributed by atoms with E-state index in [4.69, 9.17) is 0 Å². The molecule has 0 fully saturated rings. The monoisotopic (exact) mass is 239 g/mol. The van der Waals surface area contributed by atoms with Crippen LogP contribution in [0, 0.1) is 12.7 Å². The van der Waals surface area contributed by atoms with E-state index in [1.165, 1.54) is 6.07 Å². The Kier molecular flexibility index (Phi) is 5.09. The van der Waals surface area contributed by atoms with Crippen LogP contribution >= 0.6 is 0 Å². The molecule has 2 nitrogen and oxygen atoms in total. The van der Waals surface area contributed by atoms with Crippen LogP contribution in [0.25, 0.3) is 0 Å². The molecule has 0 aliphatic carbocycles. The number of aryl methyl sites for hydroxylation is 1. The van der Waals surface area contributed by atoms with E-state index in [1.807, 2.05) is 26.8 Å². The Morgan fingerprint density at radius 2 is 1.94 bits per heavy atom. The number of hydrogen-bond donors (Lipinski definition) is 2. The number of benzene rings is 1. The number of aliphatic hydroxyl groups is 1. The van der Waals surface area contributed by atoms with Crippen molar-refractivity contribution in [3.63, 3.8) is 0 Å². The fraction of sp³-hybridized carbons (Fsp3) is 0.571. The molecule has 0 aliphatic rings. The second kappa shape index (κ2) is 6.12. The fourth-order valence-electron chi connectivity index (χ4n) is 1.77. The standard InChI is InChI=1S/C14H22FNO/c1-4-14(17,5-2)10-16-9-12-8-11(3)6-7-13(12)15/h6-8,16-17H,4-5,9-10H2,1-3H3. The molecular formula is C14H22FNO. The molecule has 0 saturated heterocycles. The minimum absolute atomic E-state index is 0.195. The molecule has 1 aromatic carbocycles. The van der Waals surface area contributed by atoms with Crippen LogP contribution in [0.5, 0.6) is 0 Å². The molecule has 0 aliphatic heterocycles. The van der Waals surface area contributed by atoms with Crippen molar-refractivity contribution < 1.29 is 9.50 Å². The molecule has 0 unspecified atom stereocenters. The van der Waals surface area contributed by atoms with Gasteiger partial charge in [-0.3, -0.25) is 0 Å². The summed E-state index contributed by atoms with van der Waals surface area (Å²) in [6.45, 7) is 6.80. The van der Waals surface area contributed by atoms with Crippen LogP contribution in [0.2, 0.25) is 0 Å². The van der Waals surface area contributed by atoms with Gasteiger partial charge in [-0.05, 0) is 25.8 Å². The van der Waals surface area contributed by atoms with Crippen molar-refractivity contribution in [3.05, 3.63) is 35.1 Å². The van der Waals surface area contributed by atoms with Gasteiger partial charge in [-0.2, -0.15) is 0 Å². The summed E-state index contributed by atoms with van der Waals surface area (Å²) in [5.41, 5.74) is 1.02. The maximum absolute atomic E-state index is 13.5. The maximum Gasteiger partial charge on any atom is 0.127 e. The van der Waals surface area contributed by atoms with Gasteiger partial charge in [0.05, 0.1) is 5.60 Å². The first kappa shape index (κ1) is 14.1. The molecule has 0 heterocycles. The first-order chi connectivity index (χ1) is 8.00. The van der Waals surface area contributed by atoms with Gasteiger partial charge in [0.2, 0.25) is 0 Å². The second-order valence-electron chi connectivity index (χ2n) is 4.63. The summed E-state index contributed by atoms with van der Waals surface area (Å²) < 4.78 is 13.5. The molecule has 1 rings (SSSR count). The minimum atomic E-state index is -0.680. The number of halogens is 1. The number of rotatable bonds is 6. The predicted octanol–water partition coefficient (Wildman–Crippen LogP) is 2.77. The van der Waals surface area contributed by atoms with E-state index in [1.54, 1.807) is 6.07 Å². The molecule has 0 spiro atoms. The molecule has 17 heavy (non-hydrogen) atoms. The lowest BCUT2D eigenvalue weighted by Gasteiger charge is -2.25. The third-order valence-electron chi connectivity index (χ3n) is 3.29. The van der Waals surface area contributed by atoms with Crippen LogP contribution in [0.4, 0.5) is 4.39 Å². The van der Waals surface area contributed by atoms with Gasteiger partial charge in [0.15, 0.2) is 0 Å². The summed E-state index contributed by atoms with van der Waals surface area (Å²) in [5, 5.41) is 13.2. The molecule has 96 valence electrons.